The third kappa shape index (κ3) is 3.24. The minimum Gasteiger partial charge on any atom is -0.340 e. The maximum absolute atomic E-state index is 6.16. The van der Waals surface area contributed by atoms with E-state index in [1.54, 1.807) is 0 Å². The van der Waals surface area contributed by atoms with Crippen molar-refractivity contribution in [2.45, 2.75) is 33.6 Å². The molecule has 1 aromatic heterocycles. The molecule has 0 atom stereocenters. The zero-order valence-electron chi connectivity index (χ0n) is 11.7. The smallest absolute Gasteiger partial charge is 0.138 e. The summed E-state index contributed by atoms with van der Waals surface area (Å²) in [4.78, 5) is 8.85. The molecule has 19 heavy (non-hydrogen) atoms. The Bertz CT molecular complexity index is 577. The van der Waals surface area contributed by atoms with Crippen molar-refractivity contribution in [1.82, 2.24) is 9.97 Å². The highest BCUT2D eigenvalue weighted by Crippen LogP contribution is 2.25. The van der Waals surface area contributed by atoms with Crippen LogP contribution in [0.5, 0.6) is 0 Å². The molecular weight excluding hydrogens is 258 g/mol. The van der Waals surface area contributed by atoms with Crippen molar-refractivity contribution < 1.29 is 0 Å². The second-order valence-electron chi connectivity index (χ2n) is 4.99. The minimum absolute atomic E-state index is 0.247. The summed E-state index contributed by atoms with van der Waals surface area (Å²) in [5.41, 5.74) is 3.09. The van der Waals surface area contributed by atoms with Gasteiger partial charge in [0.05, 0.1) is 0 Å². The molecule has 100 valence electrons. The van der Waals surface area contributed by atoms with Gasteiger partial charge in [-0.1, -0.05) is 43.1 Å². The number of nitrogens with one attached hydrogen (secondary N) is 1. The standard InChI is InChI=1S/C15H18ClN3/c1-9(2)14-18-13(16)11(4)15(19-14)17-12-7-5-10(3)6-8-12/h5-9H,1-4H3,(H,17,18,19). The van der Waals surface area contributed by atoms with Gasteiger partial charge < -0.3 is 5.32 Å². The Morgan fingerprint density at radius 3 is 2.26 bits per heavy atom. The predicted molar refractivity (Wildman–Crippen MR) is 80.3 cm³/mol. The van der Waals surface area contributed by atoms with Gasteiger partial charge in [-0.2, -0.15) is 0 Å². The van der Waals surface area contributed by atoms with Crippen molar-refractivity contribution in [2.75, 3.05) is 5.32 Å². The van der Waals surface area contributed by atoms with Gasteiger partial charge in [0.2, 0.25) is 0 Å². The summed E-state index contributed by atoms with van der Waals surface area (Å²) in [6, 6.07) is 8.17. The van der Waals surface area contributed by atoms with E-state index in [-0.39, 0.29) is 5.92 Å². The largest absolute Gasteiger partial charge is 0.340 e. The molecular formula is C15H18ClN3. The van der Waals surface area contributed by atoms with E-state index < -0.39 is 0 Å². The van der Waals surface area contributed by atoms with Crippen LogP contribution in [0.4, 0.5) is 11.5 Å². The summed E-state index contributed by atoms with van der Waals surface area (Å²) >= 11 is 6.16. The lowest BCUT2D eigenvalue weighted by Crippen LogP contribution is -2.05. The molecule has 1 N–H and O–H groups in total. The van der Waals surface area contributed by atoms with E-state index in [4.69, 9.17) is 11.6 Å². The number of hydrogen-bond acceptors (Lipinski definition) is 3. The number of benzene rings is 1. The highest BCUT2D eigenvalue weighted by atomic mass is 35.5. The van der Waals surface area contributed by atoms with Crippen LogP contribution in [-0.4, -0.2) is 9.97 Å². The van der Waals surface area contributed by atoms with Crippen LogP contribution in [0.15, 0.2) is 24.3 Å². The van der Waals surface area contributed by atoms with Gasteiger partial charge in [0.1, 0.15) is 16.8 Å². The molecule has 1 heterocycles. The summed E-state index contributed by atoms with van der Waals surface area (Å²) in [7, 11) is 0. The zero-order chi connectivity index (χ0) is 14.0. The number of halogens is 1. The highest BCUT2D eigenvalue weighted by Gasteiger charge is 2.11. The van der Waals surface area contributed by atoms with Crippen LogP contribution >= 0.6 is 11.6 Å². The number of aryl methyl sites for hydroxylation is 1. The number of anilines is 2. The summed E-state index contributed by atoms with van der Waals surface area (Å²) < 4.78 is 0. The van der Waals surface area contributed by atoms with Crippen molar-refractivity contribution in [3.63, 3.8) is 0 Å². The van der Waals surface area contributed by atoms with Crippen LogP contribution in [0.25, 0.3) is 0 Å². The Morgan fingerprint density at radius 1 is 1.05 bits per heavy atom. The van der Waals surface area contributed by atoms with Crippen LogP contribution in [0.3, 0.4) is 0 Å². The molecule has 0 aliphatic carbocycles. The average Bonchev–Trinajstić information content (AvgIpc) is 2.37. The van der Waals surface area contributed by atoms with Gasteiger partial charge in [0, 0.05) is 17.2 Å². The van der Waals surface area contributed by atoms with Crippen LogP contribution in [-0.2, 0) is 0 Å². The summed E-state index contributed by atoms with van der Waals surface area (Å²) in [5, 5.41) is 3.81. The fourth-order valence-electron chi connectivity index (χ4n) is 1.66. The molecule has 0 fully saturated rings. The van der Waals surface area contributed by atoms with Gasteiger partial charge >= 0.3 is 0 Å². The Kier molecular flexibility index (Phi) is 4.05. The predicted octanol–water partition coefficient (Wildman–Crippen LogP) is 4.61. The van der Waals surface area contributed by atoms with E-state index in [1.165, 1.54) is 5.56 Å². The number of hydrogen-bond donors (Lipinski definition) is 1. The quantitative estimate of drug-likeness (QED) is 0.831. The molecule has 0 unspecified atom stereocenters. The molecule has 2 rings (SSSR count). The van der Waals surface area contributed by atoms with Gasteiger partial charge in [0.15, 0.2) is 0 Å². The van der Waals surface area contributed by atoms with Crippen LogP contribution < -0.4 is 5.32 Å². The second kappa shape index (κ2) is 5.57. The van der Waals surface area contributed by atoms with Crippen molar-refractivity contribution in [2.24, 2.45) is 0 Å². The molecule has 0 bridgehead atoms. The fraction of sp³-hybridized carbons (Fsp3) is 0.333. The Hall–Kier alpha value is -1.61. The normalized spacial score (nSPS) is 10.8. The Labute approximate surface area is 119 Å². The fourth-order valence-corrected chi connectivity index (χ4v) is 1.84. The Morgan fingerprint density at radius 2 is 1.68 bits per heavy atom. The summed E-state index contributed by atoms with van der Waals surface area (Å²) in [6.45, 7) is 8.09. The second-order valence-corrected chi connectivity index (χ2v) is 5.35. The molecule has 0 saturated heterocycles. The first kappa shape index (κ1) is 13.8. The van der Waals surface area contributed by atoms with Crippen LogP contribution in [0.1, 0.15) is 36.7 Å². The van der Waals surface area contributed by atoms with Gasteiger partial charge in [0.25, 0.3) is 0 Å². The number of nitrogens with zero attached hydrogens (tertiary/aromatic N) is 2. The molecule has 2 aromatic rings. The van der Waals surface area contributed by atoms with E-state index in [0.717, 1.165) is 22.9 Å². The molecule has 3 nitrogen and oxygen atoms in total. The topological polar surface area (TPSA) is 37.8 Å². The average molecular weight is 276 g/mol. The van der Waals surface area contributed by atoms with Gasteiger partial charge in [-0.15, -0.1) is 0 Å². The minimum atomic E-state index is 0.247. The third-order valence-corrected chi connectivity index (χ3v) is 3.30. The van der Waals surface area contributed by atoms with Gasteiger partial charge in [-0.25, -0.2) is 9.97 Å². The van der Waals surface area contributed by atoms with Crippen LogP contribution in [0, 0.1) is 13.8 Å². The molecule has 0 radical (unpaired) electrons. The lowest BCUT2D eigenvalue weighted by molar-refractivity contribution is 0.773. The van der Waals surface area contributed by atoms with Crippen LogP contribution in [0.2, 0.25) is 5.15 Å². The van der Waals surface area contributed by atoms with Gasteiger partial charge in [-0.05, 0) is 26.0 Å². The summed E-state index contributed by atoms with van der Waals surface area (Å²) in [5.74, 6) is 1.77. The van der Waals surface area contributed by atoms with E-state index in [1.807, 2.05) is 19.1 Å². The highest BCUT2D eigenvalue weighted by molar-refractivity contribution is 6.30. The van der Waals surface area contributed by atoms with E-state index in [0.29, 0.717) is 5.15 Å². The molecule has 4 heteroatoms. The molecule has 0 spiro atoms. The van der Waals surface area contributed by atoms with E-state index in [9.17, 15) is 0 Å². The lowest BCUT2D eigenvalue weighted by atomic mass is 10.2. The molecule has 1 aromatic carbocycles. The van der Waals surface area contributed by atoms with Crippen molar-refractivity contribution in [1.29, 1.82) is 0 Å². The van der Waals surface area contributed by atoms with Crippen molar-refractivity contribution in [3.8, 4) is 0 Å². The SMILES string of the molecule is Cc1ccc(Nc2nc(C(C)C)nc(Cl)c2C)cc1. The molecule has 0 amide bonds. The lowest BCUT2D eigenvalue weighted by Gasteiger charge is -2.13. The third-order valence-electron chi connectivity index (χ3n) is 2.93. The zero-order valence-corrected chi connectivity index (χ0v) is 12.4. The Balaban J connectivity index is 2.36. The number of rotatable bonds is 3. The molecule has 0 saturated carbocycles. The number of aromatic nitrogens is 2. The summed E-state index contributed by atoms with van der Waals surface area (Å²) in [6.07, 6.45) is 0. The van der Waals surface area contributed by atoms with E-state index in [2.05, 4.69) is 48.2 Å². The maximum Gasteiger partial charge on any atom is 0.138 e. The van der Waals surface area contributed by atoms with E-state index >= 15 is 0 Å². The first-order valence-corrected chi connectivity index (χ1v) is 6.73. The monoisotopic (exact) mass is 275 g/mol. The molecule has 0 aliphatic rings. The van der Waals surface area contributed by atoms with Gasteiger partial charge in [-0.3, -0.25) is 0 Å². The van der Waals surface area contributed by atoms with Crippen molar-refractivity contribution >= 4 is 23.1 Å². The van der Waals surface area contributed by atoms with Crippen molar-refractivity contribution in [3.05, 3.63) is 46.4 Å². The first-order chi connectivity index (χ1) is 8.97. The maximum atomic E-state index is 6.16. The first-order valence-electron chi connectivity index (χ1n) is 6.35. The molecule has 0 aliphatic heterocycles.